The number of Topliss-reactive ketones (excluding diaryl/α,β-unsaturated/α-hetero) is 1. The van der Waals surface area contributed by atoms with Gasteiger partial charge in [-0.1, -0.05) is 19.1 Å². The van der Waals surface area contributed by atoms with Crippen molar-refractivity contribution >= 4 is 5.78 Å². The van der Waals surface area contributed by atoms with Gasteiger partial charge in [0.2, 0.25) is 0 Å². The lowest BCUT2D eigenvalue weighted by Gasteiger charge is -2.30. The van der Waals surface area contributed by atoms with E-state index in [-0.39, 0.29) is 5.54 Å². The van der Waals surface area contributed by atoms with Crippen molar-refractivity contribution in [1.82, 2.24) is 4.90 Å². The predicted octanol–water partition coefficient (Wildman–Crippen LogP) is 2.81. The third kappa shape index (κ3) is 2.66. The highest BCUT2D eigenvalue weighted by Gasteiger charge is 2.39. The Morgan fingerprint density at radius 2 is 2.11 bits per heavy atom. The molecule has 1 heterocycles. The maximum atomic E-state index is 11.9. The quantitative estimate of drug-likeness (QED) is 0.834. The van der Waals surface area contributed by atoms with Crippen LogP contribution in [0.2, 0.25) is 0 Å². The van der Waals surface area contributed by atoms with Crippen LogP contribution >= 0.6 is 0 Å². The summed E-state index contributed by atoms with van der Waals surface area (Å²) in [5.41, 5.74) is 2.15. The van der Waals surface area contributed by atoms with Crippen LogP contribution in [0.15, 0.2) is 18.2 Å². The summed E-state index contributed by atoms with van der Waals surface area (Å²) in [6.07, 6.45) is 1.63. The van der Waals surface area contributed by atoms with Gasteiger partial charge in [0.1, 0.15) is 5.75 Å². The molecule has 3 nitrogen and oxygen atoms in total. The lowest BCUT2D eigenvalue weighted by atomic mass is 9.99. The molecule has 0 radical (unpaired) electrons. The van der Waals surface area contributed by atoms with Crippen LogP contribution in [0, 0.1) is 0 Å². The van der Waals surface area contributed by atoms with Crippen molar-refractivity contribution in [2.45, 2.75) is 45.7 Å². The third-order valence-corrected chi connectivity index (χ3v) is 4.18. The summed E-state index contributed by atoms with van der Waals surface area (Å²) in [7, 11) is 1.70. The van der Waals surface area contributed by atoms with E-state index in [4.69, 9.17) is 4.74 Å². The van der Waals surface area contributed by atoms with E-state index in [2.05, 4.69) is 24.0 Å². The summed E-state index contributed by atoms with van der Waals surface area (Å²) in [6.45, 7) is 7.86. The molecule has 0 amide bonds. The van der Waals surface area contributed by atoms with E-state index >= 15 is 0 Å². The van der Waals surface area contributed by atoms with Crippen molar-refractivity contribution in [3.8, 4) is 5.75 Å². The first kappa shape index (κ1) is 14.1. The normalized spacial score (nSPS) is 18.8. The lowest BCUT2D eigenvalue weighted by molar-refractivity contribution is -0.123. The third-order valence-electron chi connectivity index (χ3n) is 4.18. The molecule has 2 rings (SSSR count). The zero-order valence-electron chi connectivity index (χ0n) is 12.3. The minimum atomic E-state index is -0.327. The van der Waals surface area contributed by atoms with Gasteiger partial charge in [0.05, 0.1) is 12.6 Å². The molecule has 19 heavy (non-hydrogen) atoms. The van der Waals surface area contributed by atoms with Gasteiger partial charge in [0, 0.05) is 19.5 Å². The number of carbonyl (C=O) groups is 1. The van der Waals surface area contributed by atoms with Crippen LogP contribution in [-0.4, -0.2) is 29.9 Å². The number of rotatable bonds is 4. The van der Waals surface area contributed by atoms with Crippen LogP contribution in [0.1, 0.15) is 38.3 Å². The number of likely N-dealkylation sites (tertiary alicyclic amines) is 1. The lowest BCUT2D eigenvalue weighted by Crippen LogP contribution is -2.42. The van der Waals surface area contributed by atoms with Gasteiger partial charge in [-0.25, -0.2) is 0 Å². The highest BCUT2D eigenvalue weighted by molar-refractivity contribution is 5.89. The van der Waals surface area contributed by atoms with E-state index in [1.54, 1.807) is 7.11 Å². The fourth-order valence-corrected chi connectivity index (χ4v) is 2.70. The average molecular weight is 261 g/mol. The molecule has 0 unspecified atom stereocenters. The summed E-state index contributed by atoms with van der Waals surface area (Å²) in [5.74, 6) is 1.29. The van der Waals surface area contributed by atoms with Crippen molar-refractivity contribution in [1.29, 1.82) is 0 Å². The summed E-state index contributed by atoms with van der Waals surface area (Å²) in [5, 5.41) is 0. The molecule has 1 aromatic carbocycles. The standard InChI is InChI=1S/C16H23NO2/c1-5-13-10-12(6-7-14(13)19-4)11-17-9-8-15(18)16(17,2)3/h6-7,10H,5,8-9,11H2,1-4H3. The molecule has 0 bridgehead atoms. The van der Waals surface area contributed by atoms with E-state index in [0.717, 1.165) is 25.3 Å². The van der Waals surface area contributed by atoms with Gasteiger partial charge in [-0.05, 0) is 37.5 Å². The molecule has 1 saturated heterocycles. The van der Waals surface area contributed by atoms with E-state index in [0.29, 0.717) is 12.2 Å². The Kier molecular flexibility index (Phi) is 3.95. The molecule has 0 spiro atoms. The highest BCUT2D eigenvalue weighted by atomic mass is 16.5. The summed E-state index contributed by atoms with van der Waals surface area (Å²) < 4.78 is 5.35. The van der Waals surface area contributed by atoms with Gasteiger partial charge in [-0.3, -0.25) is 9.69 Å². The molecule has 3 heteroatoms. The molecule has 0 saturated carbocycles. The van der Waals surface area contributed by atoms with Gasteiger partial charge in [0.15, 0.2) is 5.78 Å². The Hall–Kier alpha value is -1.35. The Morgan fingerprint density at radius 1 is 1.37 bits per heavy atom. The fraction of sp³-hybridized carbons (Fsp3) is 0.562. The SMILES string of the molecule is CCc1cc(CN2CCC(=O)C2(C)C)ccc1OC. The Balaban J connectivity index is 2.18. The Bertz CT molecular complexity index is 480. The van der Waals surface area contributed by atoms with Crippen molar-refractivity contribution < 1.29 is 9.53 Å². The van der Waals surface area contributed by atoms with Crippen LogP contribution in [0.3, 0.4) is 0 Å². The van der Waals surface area contributed by atoms with Crippen molar-refractivity contribution in [2.24, 2.45) is 0 Å². The van der Waals surface area contributed by atoms with Crippen LogP contribution in [-0.2, 0) is 17.8 Å². The minimum Gasteiger partial charge on any atom is -0.496 e. The van der Waals surface area contributed by atoms with E-state index in [1.807, 2.05) is 19.9 Å². The zero-order chi connectivity index (χ0) is 14.0. The summed E-state index contributed by atoms with van der Waals surface area (Å²) in [4.78, 5) is 14.1. The number of hydrogen-bond acceptors (Lipinski definition) is 3. The Morgan fingerprint density at radius 3 is 2.63 bits per heavy atom. The smallest absolute Gasteiger partial charge is 0.153 e. The number of ether oxygens (including phenoxy) is 1. The predicted molar refractivity (Wildman–Crippen MR) is 76.5 cm³/mol. The Labute approximate surface area is 115 Å². The topological polar surface area (TPSA) is 29.5 Å². The largest absolute Gasteiger partial charge is 0.496 e. The first-order valence-corrected chi connectivity index (χ1v) is 6.93. The fourth-order valence-electron chi connectivity index (χ4n) is 2.70. The van der Waals surface area contributed by atoms with Gasteiger partial charge < -0.3 is 4.74 Å². The van der Waals surface area contributed by atoms with Crippen LogP contribution in [0.4, 0.5) is 0 Å². The maximum absolute atomic E-state index is 11.9. The molecular weight excluding hydrogens is 238 g/mol. The molecule has 0 aromatic heterocycles. The number of methoxy groups -OCH3 is 1. The second kappa shape index (κ2) is 5.33. The molecule has 0 atom stereocenters. The van der Waals surface area contributed by atoms with E-state index in [9.17, 15) is 4.79 Å². The van der Waals surface area contributed by atoms with Crippen LogP contribution < -0.4 is 4.74 Å². The van der Waals surface area contributed by atoms with Gasteiger partial charge in [0.25, 0.3) is 0 Å². The van der Waals surface area contributed by atoms with Crippen LogP contribution in [0.5, 0.6) is 5.75 Å². The molecule has 104 valence electrons. The number of hydrogen-bond donors (Lipinski definition) is 0. The van der Waals surface area contributed by atoms with Gasteiger partial charge in [-0.2, -0.15) is 0 Å². The molecule has 1 aliphatic heterocycles. The number of ketones is 1. The zero-order valence-corrected chi connectivity index (χ0v) is 12.3. The molecule has 1 aromatic rings. The van der Waals surface area contributed by atoms with Crippen LogP contribution in [0.25, 0.3) is 0 Å². The second-order valence-corrected chi connectivity index (χ2v) is 5.65. The minimum absolute atomic E-state index is 0.327. The molecular formula is C16H23NO2. The summed E-state index contributed by atoms with van der Waals surface area (Å²) in [6, 6.07) is 6.31. The monoisotopic (exact) mass is 261 g/mol. The molecule has 1 fully saturated rings. The summed E-state index contributed by atoms with van der Waals surface area (Å²) >= 11 is 0. The first-order chi connectivity index (χ1) is 8.98. The van der Waals surface area contributed by atoms with Gasteiger partial charge in [-0.15, -0.1) is 0 Å². The molecule has 1 aliphatic rings. The van der Waals surface area contributed by atoms with Crippen molar-refractivity contribution in [2.75, 3.05) is 13.7 Å². The average Bonchev–Trinajstić information content (AvgIpc) is 2.65. The molecule has 0 aliphatic carbocycles. The number of nitrogens with zero attached hydrogens (tertiary/aromatic N) is 1. The van der Waals surface area contributed by atoms with Gasteiger partial charge >= 0.3 is 0 Å². The van der Waals surface area contributed by atoms with Crippen molar-refractivity contribution in [3.63, 3.8) is 0 Å². The van der Waals surface area contributed by atoms with E-state index < -0.39 is 0 Å². The highest BCUT2D eigenvalue weighted by Crippen LogP contribution is 2.28. The first-order valence-electron chi connectivity index (χ1n) is 6.93. The molecule has 0 N–H and O–H groups in total. The van der Waals surface area contributed by atoms with E-state index in [1.165, 1.54) is 11.1 Å². The number of aryl methyl sites for hydroxylation is 1. The van der Waals surface area contributed by atoms with Crippen molar-refractivity contribution in [3.05, 3.63) is 29.3 Å². The number of carbonyl (C=O) groups excluding carboxylic acids is 1. The number of benzene rings is 1. The second-order valence-electron chi connectivity index (χ2n) is 5.65. The maximum Gasteiger partial charge on any atom is 0.153 e.